The molecule has 0 aromatic heterocycles. The Morgan fingerprint density at radius 3 is 2.18 bits per heavy atom. The summed E-state index contributed by atoms with van der Waals surface area (Å²) < 4.78 is 42.4. The maximum absolute atomic E-state index is 12.6. The van der Waals surface area contributed by atoms with E-state index in [1.165, 1.54) is 19.2 Å². The van der Waals surface area contributed by atoms with Gasteiger partial charge in [-0.05, 0) is 47.9 Å². The molecule has 2 aromatic rings. The van der Waals surface area contributed by atoms with E-state index in [4.69, 9.17) is 5.73 Å². The quantitative estimate of drug-likeness (QED) is 0.672. The van der Waals surface area contributed by atoms with Gasteiger partial charge in [-0.15, -0.1) is 0 Å². The number of hydrogen-bond donors (Lipinski definition) is 1. The summed E-state index contributed by atoms with van der Waals surface area (Å²) in [5.41, 5.74) is 7.45. The van der Waals surface area contributed by atoms with Crippen molar-refractivity contribution in [3.05, 3.63) is 53.1 Å². The van der Waals surface area contributed by atoms with Crippen molar-refractivity contribution in [1.82, 2.24) is 0 Å². The highest BCUT2D eigenvalue weighted by Crippen LogP contribution is 2.32. The zero-order chi connectivity index (χ0) is 16.5. The molecule has 0 radical (unpaired) electrons. The Bertz CT molecular complexity index is 707. The zero-order valence-corrected chi connectivity index (χ0v) is 12.0. The highest BCUT2D eigenvalue weighted by molar-refractivity contribution is 5.94. The molecule has 3 nitrogen and oxygen atoms in total. The molecule has 0 aliphatic heterocycles. The monoisotopic (exact) mass is 309 g/mol. The Morgan fingerprint density at radius 1 is 1.09 bits per heavy atom. The summed E-state index contributed by atoms with van der Waals surface area (Å²) in [7, 11) is 1.25. The van der Waals surface area contributed by atoms with E-state index in [9.17, 15) is 18.0 Å². The van der Waals surface area contributed by atoms with Gasteiger partial charge in [-0.3, -0.25) is 0 Å². The molecule has 0 saturated heterocycles. The molecule has 0 aliphatic rings. The predicted molar refractivity (Wildman–Crippen MR) is 77.4 cm³/mol. The number of carbonyl (C=O) groups excluding carboxylic acids is 1. The summed E-state index contributed by atoms with van der Waals surface area (Å²) in [5.74, 6) is -0.544. The van der Waals surface area contributed by atoms with E-state index in [1.807, 2.05) is 0 Å². The lowest BCUT2D eigenvalue weighted by Gasteiger charge is -2.12. The molecule has 0 fully saturated rings. The minimum atomic E-state index is -4.39. The van der Waals surface area contributed by atoms with Crippen molar-refractivity contribution in [3.8, 4) is 11.1 Å². The van der Waals surface area contributed by atoms with E-state index in [1.54, 1.807) is 19.1 Å². The zero-order valence-electron chi connectivity index (χ0n) is 12.0. The first-order valence-corrected chi connectivity index (χ1v) is 6.40. The Hall–Kier alpha value is -2.50. The molecule has 116 valence electrons. The minimum absolute atomic E-state index is 0.289. The van der Waals surface area contributed by atoms with Crippen LogP contribution < -0.4 is 5.73 Å². The van der Waals surface area contributed by atoms with Crippen LogP contribution in [0.1, 0.15) is 21.5 Å². The molecule has 0 amide bonds. The van der Waals surface area contributed by atoms with Gasteiger partial charge in [0.15, 0.2) is 0 Å². The molecule has 2 N–H and O–H groups in total. The van der Waals surface area contributed by atoms with Gasteiger partial charge in [0.25, 0.3) is 0 Å². The second-order valence-corrected chi connectivity index (χ2v) is 4.80. The van der Waals surface area contributed by atoms with Crippen LogP contribution in [-0.2, 0) is 10.9 Å². The molecule has 2 rings (SSSR count). The van der Waals surface area contributed by atoms with E-state index in [-0.39, 0.29) is 5.56 Å². The van der Waals surface area contributed by atoms with Crippen LogP contribution in [0.15, 0.2) is 36.4 Å². The Kier molecular flexibility index (Phi) is 4.12. The number of anilines is 1. The number of halogens is 3. The van der Waals surface area contributed by atoms with Crippen molar-refractivity contribution in [2.75, 3.05) is 12.8 Å². The van der Waals surface area contributed by atoms with E-state index in [0.29, 0.717) is 22.4 Å². The third-order valence-electron chi connectivity index (χ3n) is 3.40. The van der Waals surface area contributed by atoms with Gasteiger partial charge in [-0.25, -0.2) is 4.79 Å². The van der Waals surface area contributed by atoms with Gasteiger partial charge < -0.3 is 10.5 Å². The standard InChI is InChI=1S/C16H14F3NO2/c1-9-13(15(21)22-2)7-11(8-14(9)20)10-3-5-12(6-4-10)16(17,18)19/h3-8H,20H2,1-2H3. The number of alkyl halides is 3. The molecule has 6 heteroatoms. The van der Waals surface area contributed by atoms with Crippen molar-refractivity contribution in [2.24, 2.45) is 0 Å². The van der Waals surface area contributed by atoms with Crippen LogP contribution in [0.25, 0.3) is 11.1 Å². The summed E-state index contributed by atoms with van der Waals surface area (Å²) in [6.07, 6.45) is -4.39. The molecular formula is C16H14F3NO2. The maximum Gasteiger partial charge on any atom is 0.416 e. The second-order valence-electron chi connectivity index (χ2n) is 4.80. The lowest BCUT2D eigenvalue weighted by Crippen LogP contribution is -2.07. The Labute approximate surface area is 125 Å². The minimum Gasteiger partial charge on any atom is -0.465 e. The summed E-state index contributed by atoms with van der Waals surface area (Å²) in [6.45, 7) is 1.68. The summed E-state index contributed by atoms with van der Waals surface area (Å²) in [5, 5.41) is 0. The van der Waals surface area contributed by atoms with E-state index in [2.05, 4.69) is 4.74 Å². The van der Waals surface area contributed by atoms with Crippen molar-refractivity contribution in [3.63, 3.8) is 0 Å². The fraction of sp³-hybridized carbons (Fsp3) is 0.188. The molecule has 2 aromatic carbocycles. The van der Waals surface area contributed by atoms with Gasteiger partial charge >= 0.3 is 12.1 Å². The summed E-state index contributed by atoms with van der Waals surface area (Å²) in [4.78, 5) is 11.7. The number of esters is 1. The topological polar surface area (TPSA) is 52.3 Å². The third-order valence-corrected chi connectivity index (χ3v) is 3.40. The molecule has 0 spiro atoms. The van der Waals surface area contributed by atoms with E-state index < -0.39 is 17.7 Å². The Balaban J connectivity index is 2.49. The first kappa shape index (κ1) is 15.9. The van der Waals surface area contributed by atoms with Crippen molar-refractivity contribution in [1.29, 1.82) is 0 Å². The number of ether oxygens (including phenoxy) is 1. The SMILES string of the molecule is COC(=O)c1cc(-c2ccc(C(F)(F)F)cc2)cc(N)c1C. The number of benzene rings is 2. The smallest absolute Gasteiger partial charge is 0.416 e. The van der Waals surface area contributed by atoms with Gasteiger partial charge in [0.2, 0.25) is 0 Å². The van der Waals surface area contributed by atoms with Crippen molar-refractivity contribution >= 4 is 11.7 Å². The van der Waals surface area contributed by atoms with E-state index in [0.717, 1.165) is 12.1 Å². The number of rotatable bonds is 2. The largest absolute Gasteiger partial charge is 0.465 e. The lowest BCUT2D eigenvalue weighted by molar-refractivity contribution is -0.137. The number of nitrogen functional groups attached to an aromatic ring is 1. The third kappa shape index (κ3) is 3.05. The normalized spacial score (nSPS) is 11.3. The fourth-order valence-corrected chi connectivity index (χ4v) is 2.08. The Morgan fingerprint density at radius 2 is 1.68 bits per heavy atom. The van der Waals surface area contributed by atoms with Gasteiger partial charge in [0.05, 0.1) is 18.2 Å². The number of nitrogens with two attached hydrogens (primary N) is 1. The van der Waals surface area contributed by atoms with Crippen LogP contribution in [0.2, 0.25) is 0 Å². The fourth-order valence-electron chi connectivity index (χ4n) is 2.08. The molecular weight excluding hydrogens is 295 g/mol. The molecule has 0 heterocycles. The van der Waals surface area contributed by atoms with Crippen LogP contribution in [0.3, 0.4) is 0 Å². The summed E-state index contributed by atoms with van der Waals surface area (Å²) in [6, 6.07) is 7.83. The van der Waals surface area contributed by atoms with Crippen LogP contribution in [0.4, 0.5) is 18.9 Å². The molecule has 0 saturated carbocycles. The maximum atomic E-state index is 12.6. The molecule has 0 atom stereocenters. The second kappa shape index (κ2) is 5.71. The molecule has 0 aliphatic carbocycles. The molecule has 0 unspecified atom stereocenters. The first-order chi connectivity index (χ1) is 10.2. The van der Waals surface area contributed by atoms with Crippen molar-refractivity contribution in [2.45, 2.75) is 13.1 Å². The average molecular weight is 309 g/mol. The van der Waals surface area contributed by atoms with Gasteiger partial charge in [-0.1, -0.05) is 12.1 Å². The number of methoxy groups -OCH3 is 1. The van der Waals surface area contributed by atoms with Crippen molar-refractivity contribution < 1.29 is 22.7 Å². The molecule has 0 bridgehead atoms. The van der Waals surface area contributed by atoms with Gasteiger partial charge in [-0.2, -0.15) is 13.2 Å². The highest BCUT2D eigenvalue weighted by atomic mass is 19.4. The first-order valence-electron chi connectivity index (χ1n) is 6.40. The lowest BCUT2D eigenvalue weighted by atomic mass is 9.97. The van der Waals surface area contributed by atoms with Crippen LogP contribution in [-0.4, -0.2) is 13.1 Å². The van der Waals surface area contributed by atoms with Crippen LogP contribution >= 0.6 is 0 Å². The number of hydrogen-bond acceptors (Lipinski definition) is 3. The van der Waals surface area contributed by atoms with E-state index >= 15 is 0 Å². The highest BCUT2D eigenvalue weighted by Gasteiger charge is 2.30. The number of carbonyl (C=O) groups is 1. The summed E-state index contributed by atoms with van der Waals surface area (Å²) >= 11 is 0. The van der Waals surface area contributed by atoms with Gasteiger partial charge in [0, 0.05) is 5.69 Å². The molecule has 22 heavy (non-hydrogen) atoms. The van der Waals surface area contributed by atoms with Crippen LogP contribution in [0.5, 0.6) is 0 Å². The predicted octanol–water partition coefficient (Wildman–Crippen LogP) is 4.05. The van der Waals surface area contributed by atoms with Crippen LogP contribution in [0, 0.1) is 6.92 Å². The van der Waals surface area contributed by atoms with Gasteiger partial charge in [0.1, 0.15) is 0 Å². The average Bonchev–Trinajstić information content (AvgIpc) is 2.48.